The Morgan fingerprint density at radius 3 is 2.87 bits per heavy atom. The second-order valence-electron chi connectivity index (χ2n) is 4.55. The molecule has 2 N–H and O–H groups in total. The number of morpholine rings is 1. The van der Waals surface area contributed by atoms with Crippen molar-refractivity contribution in [1.82, 2.24) is 4.90 Å². The van der Waals surface area contributed by atoms with Gasteiger partial charge in [-0.15, -0.1) is 0 Å². The van der Waals surface area contributed by atoms with Gasteiger partial charge < -0.3 is 10.5 Å². The maximum absolute atomic E-state index is 5.79. The molecule has 1 aliphatic rings. The summed E-state index contributed by atoms with van der Waals surface area (Å²) in [6.45, 7) is 9.47. The molecule has 0 bridgehead atoms. The fourth-order valence-corrected chi connectivity index (χ4v) is 2.25. The van der Waals surface area contributed by atoms with Crippen molar-refractivity contribution in [3.63, 3.8) is 0 Å². The van der Waals surface area contributed by atoms with Gasteiger partial charge >= 0.3 is 0 Å². The highest BCUT2D eigenvalue weighted by atomic mass is 16.5. The number of ether oxygens (including phenoxy) is 1. The fourth-order valence-electron chi connectivity index (χ4n) is 2.25. The van der Waals surface area contributed by atoms with Gasteiger partial charge in [0.2, 0.25) is 0 Å². The van der Waals surface area contributed by atoms with E-state index in [2.05, 4.69) is 18.7 Å². The van der Waals surface area contributed by atoms with Gasteiger partial charge in [0.1, 0.15) is 0 Å². The van der Waals surface area contributed by atoms with Crippen molar-refractivity contribution in [2.24, 2.45) is 11.7 Å². The molecule has 0 aromatic carbocycles. The van der Waals surface area contributed by atoms with Crippen LogP contribution in [0.4, 0.5) is 0 Å². The average Bonchev–Trinajstić information content (AvgIpc) is 2.29. The van der Waals surface area contributed by atoms with Crippen molar-refractivity contribution in [2.75, 3.05) is 32.8 Å². The zero-order valence-electron chi connectivity index (χ0n) is 10.2. The van der Waals surface area contributed by atoms with E-state index in [0.717, 1.165) is 39.2 Å². The summed E-state index contributed by atoms with van der Waals surface area (Å²) in [4.78, 5) is 2.52. The Bertz CT molecular complexity index is 164. The van der Waals surface area contributed by atoms with E-state index in [1.807, 2.05) is 0 Å². The second-order valence-corrected chi connectivity index (χ2v) is 4.55. The first-order valence-electron chi connectivity index (χ1n) is 6.34. The van der Waals surface area contributed by atoms with Gasteiger partial charge in [-0.05, 0) is 25.3 Å². The molecule has 1 rings (SSSR count). The van der Waals surface area contributed by atoms with Crippen molar-refractivity contribution >= 4 is 0 Å². The van der Waals surface area contributed by atoms with E-state index >= 15 is 0 Å². The number of hydrogen-bond donors (Lipinski definition) is 1. The molecule has 3 nitrogen and oxygen atoms in total. The van der Waals surface area contributed by atoms with Crippen LogP contribution in [0.1, 0.15) is 33.1 Å². The van der Waals surface area contributed by atoms with Crippen molar-refractivity contribution in [2.45, 2.75) is 39.2 Å². The maximum atomic E-state index is 5.79. The van der Waals surface area contributed by atoms with Crippen LogP contribution in [0.5, 0.6) is 0 Å². The van der Waals surface area contributed by atoms with Crippen LogP contribution in [0.2, 0.25) is 0 Å². The molecule has 0 aromatic rings. The van der Waals surface area contributed by atoms with Gasteiger partial charge in [0, 0.05) is 19.6 Å². The first-order valence-corrected chi connectivity index (χ1v) is 6.34. The maximum Gasteiger partial charge on any atom is 0.0700 e. The van der Waals surface area contributed by atoms with E-state index in [1.54, 1.807) is 0 Å². The molecule has 2 unspecified atom stereocenters. The lowest BCUT2D eigenvalue weighted by Crippen LogP contribution is -2.45. The molecule has 1 heterocycles. The highest BCUT2D eigenvalue weighted by Gasteiger charge is 2.20. The molecule has 1 fully saturated rings. The van der Waals surface area contributed by atoms with Gasteiger partial charge in [0.05, 0.1) is 12.7 Å². The van der Waals surface area contributed by atoms with Crippen LogP contribution in [-0.4, -0.2) is 43.8 Å². The van der Waals surface area contributed by atoms with Crippen LogP contribution in [0, 0.1) is 5.92 Å². The lowest BCUT2D eigenvalue weighted by Gasteiger charge is -2.34. The summed E-state index contributed by atoms with van der Waals surface area (Å²) in [6.07, 6.45) is 4.06. The van der Waals surface area contributed by atoms with Crippen LogP contribution in [0.3, 0.4) is 0 Å². The van der Waals surface area contributed by atoms with Crippen LogP contribution in [0.15, 0.2) is 0 Å². The Hall–Kier alpha value is -0.120. The first kappa shape index (κ1) is 12.9. The van der Waals surface area contributed by atoms with Gasteiger partial charge in [-0.3, -0.25) is 4.90 Å². The molecule has 1 aliphatic heterocycles. The van der Waals surface area contributed by atoms with Gasteiger partial charge in [-0.1, -0.05) is 20.3 Å². The molecule has 0 saturated carbocycles. The number of nitrogens with two attached hydrogens (primary N) is 1. The van der Waals surface area contributed by atoms with E-state index in [-0.39, 0.29) is 0 Å². The molecule has 0 aromatic heterocycles. The van der Waals surface area contributed by atoms with Gasteiger partial charge in [-0.2, -0.15) is 0 Å². The van der Waals surface area contributed by atoms with E-state index in [4.69, 9.17) is 10.5 Å². The van der Waals surface area contributed by atoms with E-state index in [9.17, 15) is 0 Å². The molecule has 1 saturated heterocycles. The number of hydrogen-bond acceptors (Lipinski definition) is 3. The SMILES string of the molecule is CCCC(CN)CN1CCOC(CC)C1. The molecular weight excluding hydrogens is 188 g/mol. The Balaban J connectivity index is 2.29. The van der Waals surface area contributed by atoms with Crippen molar-refractivity contribution in [1.29, 1.82) is 0 Å². The molecule has 0 radical (unpaired) electrons. The monoisotopic (exact) mass is 214 g/mol. The van der Waals surface area contributed by atoms with Gasteiger partial charge in [0.25, 0.3) is 0 Å². The van der Waals surface area contributed by atoms with Crippen LogP contribution >= 0.6 is 0 Å². The standard InChI is InChI=1S/C12H26N2O/c1-3-5-11(8-13)9-14-6-7-15-12(4-2)10-14/h11-12H,3-10,13H2,1-2H3. The van der Waals surface area contributed by atoms with Gasteiger partial charge in [0.15, 0.2) is 0 Å². The molecule has 15 heavy (non-hydrogen) atoms. The lowest BCUT2D eigenvalue weighted by atomic mass is 10.0. The summed E-state index contributed by atoms with van der Waals surface area (Å²) in [6, 6.07) is 0. The number of rotatable bonds is 6. The highest BCUT2D eigenvalue weighted by Crippen LogP contribution is 2.12. The predicted molar refractivity (Wildman–Crippen MR) is 63.9 cm³/mol. The van der Waals surface area contributed by atoms with Crippen LogP contribution < -0.4 is 5.73 Å². The molecule has 2 atom stereocenters. The minimum absolute atomic E-state index is 0.443. The van der Waals surface area contributed by atoms with Crippen molar-refractivity contribution in [3.05, 3.63) is 0 Å². The van der Waals surface area contributed by atoms with Crippen LogP contribution in [-0.2, 0) is 4.74 Å². The summed E-state index contributed by atoms with van der Waals surface area (Å²) in [5.74, 6) is 0.672. The summed E-state index contributed by atoms with van der Waals surface area (Å²) in [7, 11) is 0. The van der Waals surface area contributed by atoms with E-state index < -0.39 is 0 Å². The smallest absolute Gasteiger partial charge is 0.0700 e. The molecule has 0 amide bonds. The van der Waals surface area contributed by atoms with Crippen LogP contribution in [0.25, 0.3) is 0 Å². The minimum atomic E-state index is 0.443. The summed E-state index contributed by atoms with van der Waals surface area (Å²) in [5.41, 5.74) is 5.79. The average molecular weight is 214 g/mol. The topological polar surface area (TPSA) is 38.5 Å². The Labute approximate surface area is 94.0 Å². The van der Waals surface area contributed by atoms with Crippen molar-refractivity contribution < 1.29 is 4.74 Å². The van der Waals surface area contributed by atoms with Gasteiger partial charge in [-0.25, -0.2) is 0 Å². The molecule has 3 heteroatoms. The van der Waals surface area contributed by atoms with Crippen molar-refractivity contribution in [3.8, 4) is 0 Å². The molecular formula is C12H26N2O. The quantitative estimate of drug-likeness (QED) is 0.728. The van der Waals surface area contributed by atoms with E-state index in [1.165, 1.54) is 12.8 Å². The third-order valence-electron chi connectivity index (χ3n) is 3.22. The third kappa shape index (κ3) is 4.49. The Morgan fingerprint density at radius 1 is 1.47 bits per heavy atom. The first-order chi connectivity index (χ1) is 7.30. The molecule has 90 valence electrons. The number of nitrogens with zero attached hydrogens (tertiary/aromatic N) is 1. The molecule has 0 spiro atoms. The predicted octanol–water partition coefficient (Wildman–Crippen LogP) is 1.47. The second kappa shape index (κ2) is 7.20. The fraction of sp³-hybridized carbons (Fsp3) is 1.00. The Morgan fingerprint density at radius 2 is 2.27 bits per heavy atom. The minimum Gasteiger partial charge on any atom is -0.376 e. The molecule has 0 aliphatic carbocycles. The lowest BCUT2D eigenvalue weighted by molar-refractivity contribution is -0.0340. The Kier molecular flexibility index (Phi) is 6.22. The zero-order chi connectivity index (χ0) is 11.1. The zero-order valence-corrected chi connectivity index (χ0v) is 10.2. The normalized spacial score (nSPS) is 25.4. The summed E-state index contributed by atoms with van der Waals surface area (Å²) >= 11 is 0. The van der Waals surface area contributed by atoms with E-state index in [0.29, 0.717) is 12.0 Å². The summed E-state index contributed by atoms with van der Waals surface area (Å²) in [5, 5.41) is 0. The third-order valence-corrected chi connectivity index (χ3v) is 3.22. The summed E-state index contributed by atoms with van der Waals surface area (Å²) < 4.78 is 5.66. The highest BCUT2D eigenvalue weighted by molar-refractivity contribution is 4.73. The largest absolute Gasteiger partial charge is 0.376 e.